The Bertz CT molecular complexity index is 1070. The van der Waals surface area contributed by atoms with E-state index in [2.05, 4.69) is 15.3 Å². The third-order valence-corrected chi connectivity index (χ3v) is 8.56. The normalized spacial score (nSPS) is 30.1. The van der Waals surface area contributed by atoms with E-state index < -0.39 is 35.9 Å². The van der Waals surface area contributed by atoms with Crippen LogP contribution in [0, 0.1) is 11.8 Å². The van der Waals surface area contributed by atoms with Crippen LogP contribution in [0.15, 0.2) is 35.4 Å². The first kappa shape index (κ1) is 27.0. The number of nitrogens with zero attached hydrogens (tertiary/aromatic N) is 3. The maximum Gasteiger partial charge on any atom is 0.343 e. The molecule has 196 valence electrons. The van der Waals surface area contributed by atoms with E-state index in [1.165, 1.54) is 29.9 Å². The molecule has 3 atom stereocenters. The number of hydrogen-bond acceptors (Lipinski definition) is 7. The molecule has 4 fully saturated rings. The number of carbonyl (C=O) groups excluding carboxylic acids is 2. The van der Waals surface area contributed by atoms with Gasteiger partial charge in [-0.25, -0.2) is 18.6 Å². The molecule has 2 aromatic heterocycles. The van der Waals surface area contributed by atoms with Gasteiger partial charge in [0.15, 0.2) is 24.1 Å². The number of hydrogen-bond donors (Lipinski definition) is 2. The van der Waals surface area contributed by atoms with Crippen LogP contribution in [0.1, 0.15) is 37.7 Å². The molecule has 5 heterocycles. The lowest BCUT2D eigenvalue weighted by Gasteiger charge is -2.51. The Hall–Kier alpha value is -2.02. The van der Waals surface area contributed by atoms with Gasteiger partial charge >= 0.3 is 5.97 Å². The van der Waals surface area contributed by atoms with E-state index in [1.807, 2.05) is 0 Å². The number of amides is 1. The van der Waals surface area contributed by atoms with Gasteiger partial charge in [-0.15, -0.1) is 0 Å². The minimum Gasteiger partial charge on any atom is -1.00 e. The molecule has 3 saturated heterocycles. The molecule has 2 unspecified atom stereocenters. The number of aromatic nitrogens is 2. The van der Waals surface area contributed by atoms with Gasteiger partial charge in [-0.05, 0) is 23.2 Å². The van der Waals surface area contributed by atoms with Crippen molar-refractivity contribution >= 4 is 29.0 Å². The number of fused-ring (bicyclic) bond motifs is 3. The van der Waals surface area contributed by atoms with Gasteiger partial charge in [0, 0.05) is 55.5 Å². The van der Waals surface area contributed by atoms with Gasteiger partial charge in [0.05, 0.1) is 19.3 Å². The molecular formula is C24H29BrF2N4O4S. The van der Waals surface area contributed by atoms with Gasteiger partial charge in [-0.3, -0.25) is 9.78 Å². The van der Waals surface area contributed by atoms with Crippen molar-refractivity contribution in [2.75, 3.05) is 31.5 Å². The van der Waals surface area contributed by atoms with E-state index in [-0.39, 0.29) is 48.2 Å². The quantitative estimate of drug-likeness (QED) is 0.349. The molecular weight excluding hydrogens is 558 g/mol. The van der Waals surface area contributed by atoms with E-state index in [9.17, 15) is 23.5 Å². The molecule has 0 radical (unpaired) electrons. The Morgan fingerprint density at radius 2 is 2.06 bits per heavy atom. The molecule has 1 aliphatic carbocycles. The van der Waals surface area contributed by atoms with Crippen LogP contribution in [-0.4, -0.2) is 69.6 Å². The number of halogens is 3. The van der Waals surface area contributed by atoms with Crippen LogP contribution in [-0.2, 0) is 19.9 Å². The van der Waals surface area contributed by atoms with E-state index in [4.69, 9.17) is 4.74 Å². The summed E-state index contributed by atoms with van der Waals surface area (Å²) >= 11 is 1.30. The van der Waals surface area contributed by atoms with Crippen molar-refractivity contribution in [3.8, 4) is 0 Å². The molecule has 4 aliphatic rings. The second-order valence-corrected chi connectivity index (χ2v) is 10.9. The Balaban J connectivity index is 0.00000304. The average Bonchev–Trinajstić information content (AvgIpc) is 3.50. The van der Waals surface area contributed by atoms with Gasteiger partial charge < -0.3 is 36.6 Å². The molecule has 3 aliphatic heterocycles. The van der Waals surface area contributed by atoms with Crippen LogP contribution in [0.2, 0.25) is 0 Å². The number of aliphatic hydroxyl groups is 1. The van der Waals surface area contributed by atoms with Crippen molar-refractivity contribution in [2.45, 2.75) is 49.7 Å². The minimum absolute atomic E-state index is 0. The summed E-state index contributed by atoms with van der Waals surface area (Å²) in [6.45, 7) is 2.23. The van der Waals surface area contributed by atoms with Crippen molar-refractivity contribution in [1.29, 1.82) is 0 Å². The van der Waals surface area contributed by atoms with Crippen molar-refractivity contribution in [3.05, 3.63) is 41.0 Å². The lowest BCUT2D eigenvalue weighted by atomic mass is 9.80. The monoisotopic (exact) mass is 586 g/mol. The first-order valence-corrected chi connectivity index (χ1v) is 12.9. The first-order valence-electron chi connectivity index (χ1n) is 11.9. The average molecular weight is 587 g/mol. The maximum absolute atomic E-state index is 14.0. The van der Waals surface area contributed by atoms with Crippen LogP contribution >= 0.6 is 11.3 Å². The van der Waals surface area contributed by atoms with Crippen LogP contribution in [0.4, 0.5) is 14.6 Å². The van der Waals surface area contributed by atoms with Gasteiger partial charge in [-0.2, -0.15) is 11.3 Å². The zero-order valence-corrected chi connectivity index (χ0v) is 22.0. The van der Waals surface area contributed by atoms with Crippen LogP contribution < -0.4 is 22.3 Å². The Labute approximate surface area is 222 Å². The van der Waals surface area contributed by atoms with Gasteiger partial charge in [0.25, 0.3) is 5.91 Å². The van der Waals surface area contributed by atoms with Crippen molar-refractivity contribution in [3.63, 3.8) is 0 Å². The highest BCUT2D eigenvalue weighted by Crippen LogP contribution is 2.49. The van der Waals surface area contributed by atoms with Gasteiger partial charge in [-0.1, -0.05) is 0 Å². The predicted molar refractivity (Wildman–Crippen MR) is 123 cm³/mol. The van der Waals surface area contributed by atoms with Gasteiger partial charge in [0.1, 0.15) is 6.54 Å². The molecule has 2 bridgehead atoms. The SMILES string of the molecule is O=C(C[N+]12CCC(CC1)[C@@H](OC(=O)C(O)(c1ccsc1)C1CCC(F)(F)C1)C2)Nc1cnccn1.[Br-]. The molecule has 8 nitrogen and oxygen atoms in total. The second-order valence-electron chi connectivity index (χ2n) is 10.1. The molecule has 2 N–H and O–H groups in total. The van der Waals surface area contributed by atoms with Crippen molar-refractivity contribution in [2.24, 2.45) is 11.8 Å². The molecule has 12 heteroatoms. The highest BCUT2D eigenvalue weighted by molar-refractivity contribution is 7.08. The fourth-order valence-corrected chi connectivity index (χ4v) is 6.67. The minimum atomic E-state index is -2.91. The number of thiophene rings is 1. The summed E-state index contributed by atoms with van der Waals surface area (Å²) in [7, 11) is 0. The highest BCUT2D eigenvalue weighted by atomic mass is 79.9. The lowest BCUT2D eigenvalue weighted by molar-refractivity contribution is -0.939. The highest BCUT2D eigenvalue weighted by Gasteiger charge is 2.56. The standard InChI is InChI=1S/C24H28F2N4O4S.BrH/c25-23(26)5-1-17(11-23)24(33,18-4-10-35-15-18)22(32)34-19-13-30(8-2-16(19)3-9-30)14-21(31)29-20-12-27-6-7-28-20;/h4,6-7,10,12,15-17,19,33H,1-3,5,8-9,11,13-14H2;1H/t16?,17?,19-,24?,30?;/m0./s1. The number of quaternary nitrogens is 1. The first-order chi connectivity index (χ1) is 16.7. The zero-order chi connectivity index (χ0) is 24.7. The molecule has 1 amide bonds. The second kappa shape index (κ2) is 10.4. The third kappa shape index (κ3) is 5.32. The molecule has 0 aromatic carbocycles. The number of piperidine rings is 3. The summed E-state index contributed by atoms with van der Waals surface area (Å²) in [6.07, 6.45) is 4.72. The van der Waals surface area contributed by atoms with Crippen LogP contribution in [0.3, 0.4) is 0 Å². The number of alkyl halides is 2. The zero-order valence-electron chi connectivity index (χ0n) is 19.6. The largest absolute Gasteiger partial charge is 1.00 e. The number of rotatable bonds is 7. The number of anilines is 1. The number of nitrogens with one attached hydrogen (secondary N) is 1. The van der Waals surface area contributed by atoms with Gasteiger partial charge in [0.2, 0.25) is 5.92 Å². The molecule has 6 rings (SSSR count). The topological polar surface area (TPSA) is 101 Å². The number of esters is 1. The van der Waals surface area contributed by atoms with E-state index in [1.54, 1.807) is 16.8 Å². The summed E-state index contributed by atoms with van der Waals surface area (Å²) in [6, 6.07) is 1.60. The Kier molecular flexibility index (Phi) is 7.80. The van der Waals surface area contributed by atoms with E-state index in [0.717, 1.165) is 25.9 Å². The summed E-state index contributed by atoms with van der Waals surface area (Å²) in [5, 5.41) is 17.7. The fourth-order valence-electron chi connectivity index (χ4n) is 5.96. The summed E-state index contributed by atoms with van der Waals surface area (Å²) in [4.78, 5) is 34.2. The summed E-state index contributed by atoms with van der Waals surface area (Å²) in [5.41, 5.74) is -1.80. The Morgan fingerprint density at radius 1 is 1.28 bits per heavy atom. The smallest absolute Gasteiger partial charge is 0.343 e. The van der Waals surface area contributed by atoms with Crippen LogP contribution in [0.5, 0.6) is 0 Å². The molecule has 1 saturated carbocycles. The number of carbonyl (C=O) groups is 2. The van der Waals surface area contributed by atoms with Crippen LogP contribution in [0.25, 0.3) is 0 Å². The Morgan fingerprint density at radius 3 is 2.67 bits per heavy atom. The maximum atomic E-state index is 14.0. The molecule has 36 heavy (non-hydrogen) atoms. The number of ether oxygens (including phenoxy) is 1. The summed E-state index contributed by atoms with van der Waals surface area (Å²) < 4.78 is 34.5. The van der Waals surface area contributed by atoms with Crippen molar-refractivity contribution in [1.82, 2.24) is 9.97 Å². The summed E-state index contributed by atoms with van der Waals surface area (Å²) in [5.74, 6) is -4.38. The molecule has 0 spiro atoms. The fraction of sp³-hybridized carbons (Fsp3) is 0.583. The molecule has 2 aromatic rings. The van der Waals surface area contributed by atoms with Crippen molar-refractivity contribution < 1.29 is 49.7 Å². The predicted octanol–water partition coefficient (Wildman–Crippen LogP) is -0.0440. The van der Waals surface area contributed by atoms with E-state index in [0.29, 0.717) is 22.4 Å². The third-order valence-electron chi connectivity index (χ3n) is 7.88. The lowest BCUT2D eigenvalue weighted by Crippen LogP contribution is -3.00. The van der Waals surface area contributed by atoms with E-state index >= 15 is 0 Å².